The van der Waals surface area contributed by atoms with E-state index in [4.69, 9.17) is 21.4 Å². The lowest BCUT2D eigenvalue weighted by Crippen LogP contribution is -2.25. The molecule has 3 aliphatic rings. The van der Waals surface area contributed by atoms with Crippen molar-refractivity contribution in [3.8, 4) is 0 Å². The zero-order valence-electron chi connectivity index (χ0n) is 15.0. The molecule has 0 N–H and O–H groups in total. The van der Waals surface area contributed by atoms with Crippen molar-refractivity contribution in [3.63, 3.8) is 0 Å². The van der Waals surface area contributed by atoms with Crippen LogP contribution < -0.4 is 4.78 Å². The molecule has 0 aromatic heterocycles. The van der Waals surface area contributed by atoms with E-state index >= 15 is 0 Å². The van der Waals surface area contributed by atoms with E-state index in [9.17, 15) is 0 Å². The molecule has 0 saturated carbocycles. The van der Waals surface area contributed by atoms with Crippen LogP contribution >= 0.6 is 6.42 Å². The molecule has 0 spiro atoms. The van der Waals surface area contributed by atoms with Gasteiger partial charge in [-0.3, -0.25) is 0 Å². The second-order valence-corrected chi connectivity index (χ2v) is 10.8. The minimum Gasteiger partial charge on any atom is -0.374 e. The molecule has 0 amide bonds. The lowest BCUT2D eigenvalue weighted by atomic mass is 10.0. The smallest absolute Gasteiger partial charge is 0.210 e. The Bertz CT molecular complexity index is 753. The minimum atomic E-state index is -2.40. The third kappa shape index (κ3) is 3.07. The molecule has 1 aromatic carbocycles. The van der Waals surface area contributed by atoms with Gasteiger partial charge in [0.25, 0.3) is 0 Å². The first-order valence-electron chi connectivity index (χ1n) is 9.30. The van der Waals surface area contributed by atoms with E-state index in [0.29, 0.717) is 0 Å². The van der Waals surface area contributed by atoms with Gasteiger partial charge in [-0.25, -0.2) is 4.78 Å². The van der Waals surface area contributed by atoms with Crippen LogP contribution in [-0.2, 0) is 16.3 Å². The van der Waals surface area contributed by atoms with Crippen LogP contribution in [0.3, 0.4) is 0 Å². The van der Waals surface area contributed by atoms with Gasteiger partial charge in [0.15, 0.2) is 0 Å². The van der Waals surface area contributed by atoms with E-state index in [1.807, 2.05) is 23.0 Å². The predicted octanol–water partition coefficient (Wildman–Crippen LogP) is 5.09. The lowest BCUT2D eigenvalue weighted by Gasteiger charge is -2.34. The fourth-order valence-corrected chi connectivity index (χ4v) is 8.19. The fourth-order valence-electron chi connectivity index (χ4n) is 3.97. The van der Waals surface area contributed by atoms with Crippen LogP contribution in [0.1, 0.15) is 46.0 Å². The molecular weight excluding hydrogens is 349 g/mol. The fraction of sp³-hybridized carbons (Fsp3) is 0.526. The number of benzene rings is 1. The van der Waals surface area contributed by atoms with Crippen LogP contribution in [0.15, 0.2) is 46.4 Å². The summed E-state index contributed by atoms with van der Waals surface area (Å²) in [5, 5.41) is 6.25. The zero-order valence-corrected chi connectivity index (χ0v) is 16.7. The number of allylic oxidation sites excluding steroid dienone is 2. The highest BCUT2D eigenvalue weighted by Gasteiger charge is 2.45. The molecular formula is C19H26N3OPS. The molecule has 1 aliphatic carbocycles. The third-order valence-corrected chi connectivity index (χ3v) is 8.83. The zero-order chi connectivity index (χ0) is 17.4. The third-order valence-electron chi connectivity index (χ3n) is 4.95. The predicted molar refractivity (Wildman–Crippen MR) is 109 cm³/mol. The van der Waals surface area contributed by atoms with Gasteiger partial charge in [0, 0.05) is 18.8 Å². The van der Waals surface area contributed by atoms with Crippen LogP contribution in [-0.4, -0.2) is 29.8 Å². The normalized spacial score (nSPS) is 26.4. The van der Waals surface area contributed by atoms with E-state index in [1.165, 1.54) is 29.6 Å². The SMILES string of the molecule is CC(C)O[P@]1(=S)C2=C(N3CCCC3)CCCC2=NN1c1ccccc1. The summed E-state index contributed by atoms with van der Waals surface area (Å²) in [6.45, 7) is 6.45. The highest BCUT2D eigenvalue weighted by molar-refractivity contribution is 8.15. The van der Waals surface area contributed by atoms with Gasteiger partial charge in [-0.1, -0.05) is 18.2 Å². The summed E-state index contributed by atoms with van der Waals surface area (Å²) in [7, 11) is 0. The van der Waals surface area contributed by atoms with Crippen molar-refractivity contribution < 1.29 is 4.52 Å². The monoisotopic (exact) mass is 375 g/mol. The van der Waals surface area contributed by atoms with Gasteiger partial charge in [0.05, 0.1) is 22.8 Å². The number of hydrogen-bond donors (Lipinski definition) is 0. The maximum absolute atomic E-state index is 6.48. The van der Waals surface area contributed by atoms with Crippen LogP contribution in [0.4, 0.5) is 5.69 Å². The quantitative estimate of drug-likeness (QED) is 0.686. The van der Waals surface area contributed by atoms with Crippen LogP contribution in [0.25, 0.3) is 0 Å². The van der Waals surface area contributed by atoms with Crippen molar-refractivity contribution in [2.24, 2.45) is 5.10 Å². The van der Waals surface area contributed by atoms with E-state index in [0.717, 1.165) is 38.0 Å². The Hall–Kier alpha value is -1.16. The summed E-state index contributed by atoms with van der Waals surface area (Å²) in [5.74, 6) is 0. The summed E-state index contributed by atoms with van der Waals surface area (Å²) in [6.07, 6.45) is 3.52. The van der Waals surface area contributed by atoms with Crippen molar-refractivity contribution >= 4 is 29.6 Å². The molecule has 1 fully saturated rings. The maximum Gasteiger partial charge on any atom is 0.210 e. The molecule has 134 valence electrons. The van der Waals surface area contributed by atoms with Crippen molar-refractivity contribution in [1.29, 1.82) is 0 Å². The standard InChI is InChI=1S/C19H26N3OPS/c1-15(2)23-24(25)19-17(20-22(24)16-9-4-3-5-10-16)11-8-12-18(19)21-13-6-7-14-21/h3-5,9-10,15H,6-8,11-14H2,1-2H3/t24-/m0/s1. The minimum absolute atomic E-state index is 0.0841. The van der Waals surface area contributed by atoms with Gasteiger partial charge in [-0.2, -0.15) is 5.10 Å². The summed E-state index contributed by atoms with van der Waals surface area (Å²) in [4.78, 5) is 2.54. The number of hydrazone groups is 1. The Morgan fingerprint density at radius 3 is 2.48 bits per heavy atom. The number of hydrogen-bond acceptors (Lipinski definition) is 4. The van der Waals surface area contributed by atoms with E-state index in [1.54, 1.807) is 0 Å². The van der Waals surface area contributed by atoms with Gasteiger partial charge < -0.3 is 9.42 Å². The molecule has 4 nitrogen and oxygen atoms in total. The Labute approximate surface area is 155 Å². The number of para-hydroxylation sites is 1. The highest BCUT2D eigenvalue weighted by atomic mass is 32.4. The topological polar surface area (TPSA) is 28.1 Å². The number of anilines is 1. The molecule has 0 bridgehead atoms. The van der Waals surface area contributed by atoms with E-state index in [2.05, 4.69) is 30.9 Å². The molecule has 4 rings (SSSR count). The summed E-state index contributed by atoms with van der Waals surface area (Å²) in [5.41, 5.74) is 3.63. The number of nitrogens with zero attached hydrogens (tertiary/aromatic N) is 3. The van der Waals surface area contributed by atoms with E-state index < -0.39 is 6.42 Å². The van der Waals surface area contributed by atoms with Crippen LogP contribution in [0.2, 0.25) is 0 Å². The van der Waals surface area contributed by atoms with Crippen molar-refractivity contribution in [1.82, 2.24) is 4.90 Å². The summed E-state index contributed by atoms with van der Waals surface area (Å²) < 4.78 is 8.51. The molecule has 2 aliphatic heterocycles. The molecule has 0 unspecified atom stereocenters. The molecule has 25 heavy (non-hydrogen) atoms. The number of fused-ring (bicyclic) bond motifs is 1. The highest BCUT2D eigenvalue weighted by Crippen LogP contribution is 2.67. The van der Waals surface area contributed by atoms with Gasteiger partial charge in [0.1, 0.15) is 0 Å². The Kier molecular flexibility index (Phi) is 4.74. The van der Waals surface area contributed by atoms with Crippen molar-refractivity contribution in [2.45, 2.75) is 52.1 Å². The maximum atomic E-state index is 6.48. The van der Waals surface area contributed by atoms with Gasteiger partial charge in [0.2, 0.25) is 6.42 Å². The second-order valence-electron chi connectivity index (χ2n) is 7.19. The molecule has 1 atom stereocenters. The van der Waals surface area contributed by atoms with Gasteiger partial charge in [-0.15, -0.1) is 0 Å². The Balaban J connectivity index is 1.85. The molecule has 1 aromatic rings. The van der Waals surface area contributed by atoms with Gasteiger partial charge in [-0.05, 0) is 69.9 Å². The average Bonchev–Trinajstić information content (AvgIpc) is 3.22. The van der Waals surface area contributed by atoms with Crippen molar-refractivity contribution in [3.05, 3.63) is 41.3 Å². The Morgan fingerprint density at radius 2 is 1.80 bits per heavy atom. The molecule has 1 saturated heterocycles. The first-order chi connectivity index (χ1) is 12.1. The van der Waals surface area contributed by atoms with Crippen molar-refractivity contribution in [2.75, 3.05) is 17.9 Å². The molecule has 0 radical (unpaired) electrons. The molecule has 2 heterocycles. The average molecular weight is 375 g/mol. The van der Waals surface area contributed by atoms with Gasteiger partial charge >= 0.3 is 0 Å². The molecule has 6 heteroatoms. The van der Waals surface area contributed by atoms with Crippen LogP contribution in [0.5, 0.6) is 0 Å². The number of rotatable bonds is 4. The van der Waals surface area contributed by atoms with E-state index in [-0.39, 0.29) is 6.10 Å². The first kappa shape index (κ1) is 17.3. The first-order valence-corrected chi connectivity index (χ1v) is 12.0. The van der Waals surface area contributed by atoms with Crippen LogP contribution in [0, 0.1) is 0 Å². The second kappa shape index (κ2) is 6.86. The summed E-state index contributed by atoms with van der Waals surface area (Å²) >= 11 is 6.27. The summed E-state index contributed by atoms with van der Waals surface area (Å²) in [6, 6.07) is 10.3. The Morgan fingerprint density at radius 1 is 1.08 bits per heavy atom. The largest absolute Gasteiger partial charge is 0.374 e. The lowest BCUT2D eigenvalue weighted by molar-refractivity contribution is 0.270. The number of likely N-dealkylation sites (tertiary alicyclic amines) is 1.